The van der Waals surface area contributed by atoms with Gasteiger partial charge in [0.15, 0.2) is 23.2 Å². The van der Waals surface area contributed by atoms with Crippen LogP contribution in [0.1, 0.15) is 16.1 Å². The average Bonchev–Trinajstić information content (AvgIpc) is 3.31. The van der Waals surface area contributed by atoms with Gasteiger partial charge in [0, 0.05) is 39.8 Å². The van der Waals surface area contributed by atoms with Crippen LogP contribution in [0.15, 0.2) is 46.0 Å². The van der Waals surface area contributed by atoms with E-state index >= 15 is 0 Å². The molecule has 3 rings (SSSR count). The zero-order chi connectivity index (χ0) is 20.6. The Balaban J connectivity index is 0.00000320. The van der Waals surface area contributed by atoms with Crippen molar-refractivity contribution in [2.45, 2.75) is 6.42 Å². The number of halogens is 1. The van der Waals surface area contributed by atoms with E-state index in [-0.39, 0.29) is 29.9 Å². The third kappa shape index (κ3) is 5.80. The summed E-state index contributed by atoms with van der Waals surface area (Å²) in [6.45, 7) is 3.46. The van der Waals surface area contributed by atoms with Gasteiger partial charge >= 0.3 is 0 Å². The molecule has 1 aromatic heterocycles. The molecule has 1 saturated heterocycles. The van der Waals surface area contributed by atoms with Gasteiger partial charge in [-0.2, -0.15) is 0 Å². The second-order valence-corrected chi connectivity index (χ2v) is 6.67. The lowest BCUT2D eigenvalue weighted by Gasteiger charge is -2.36. The first-order valence-electron chi connectivity index (χ1n) is 9.65. The number of aliphatic imine (C=N–C) groups is 1. The number of furan rings is 1. The highest BCUT2D eigenvalue weighted by Gasteiger charge is 2.25. The lowest BCUT2D eigenvalue weighted by Crippen LogP contribution is -2.54. The Kier molecular flexibility index (Phi) is 9.28. The van der Waals surface area contributed by atoms with Crippen LogP contribution < -0.4 is 14.8 Å². The summed E-state index contributed by atoms with van der Waals surface area (Å²) in [5.74, 6) is 2.62. The van der Waals surface area contributed by atoms with Crippen LogP contribution in [0.25, 0.3) is 0 Å². The predicted molar refractivity (Wildman–Crippen MR) is 126 cm³/mol. The zero-order valence-electron chi connectivity index (χ0n) is 17.6. The second kappa shape index (κ2) is 11.7. The van der Waals surface area contributed by atoms with E-state index in [0.29, 0.717) is 18.8 Å². The van der Waals surface area contributed by atoms with Crippen molar-refractivity contribution >= 4 is 35.8 Å². The van der Waals surface area contributed by atoms with E-state index in [1.54, 1.807) is 33.4 Å². The van der Waals surface area contributed by atoms with Gasteiger partial charge in [-0.25, -0.2) is 0 Å². The highest BCUT2D eigenvalue weighted by Crippen LogP contribution is 2.27. The van der Waals surface area contributed by atoms with Crippen LogP contribution in [-0.4, -0.2) is 75.7 Å². The molecule has 8 nitrogen and oxygen atoms in total. The van der Waals surface area contributed by atoms with Crippen molar-refractivity contribution < 1.29 is 18.7 Å². The third-order valence-corrected chi connectivity index (χ3v) is 4.95. The lowest BCUT2D eigenvalue weighted by molar-refractivity contribution is 0.0658. The minimum atomic E-state index is -0.0638. The van der Waals surface area contributed by atoms with Crippen LogP contribution in [0.4, 0.5) is 0 Å². The molecule has 0 unspecified atom stereocenters. The van der Waals surface area contributed by atoms with Crippen molar-refractivity contribution in [2.75, 3.05) is 54.0 Å². The fourth-order valence-electron chi connectivity index (χ4n) is 3.36. The van der Waals surface area contributed by atoms with Crippen LogP contribution in [0.3, 0.4) is 0 Å². The molecule has 1 aromatic carbocycles. The quantitative estimate of drug-likeness (QED) is 0.353. The normalized spacial score (nSPS) is 14.2. The van der Waals surface area contributed by atoms with E-state index in [2.05, 4.69) is 15.2 Å². The summed E-state index contributed by atoms with van der Waals surface area (Å²) in [5.41, 5.74) is 1.15. The van der Waals surface area contributed by atoms with Crippen LogP contribution >= 0.6 is 24.0 Å². The number of guanidine groups is 1. The topological polar surface area (TPSA) is 79.5 Å². The van der Waals surface area contributed by atoms with E-state index in [9.17, 15) is 4.79 Å². The van der Waals surface area contributed by atoms with Gasteiger partial charge in [0.05, 0.1) is 20.5 Å². The molecule has 1 fully saturated rings. The number of hydrogen-bond donors (Lipinski definition) is 1. The molecule has 1 amide bonds. The molecule has 1 N–H and O–H groups in total. The zero-order valence-corrected chi connectivity index (χ0v) is 19.9. The van der Waals surface area contributed by atoms with Gasteiger partial charge in [-0.1, -0.05) is 6.07 Å². The maximum absolute atomic E-state index is 12.4. The number of nitrogens with one attached hydrogen (secondary N) is 1. The highest BCUT2D eigenvalue weighted by molar-refractivity contribution is 14.0. The van der Waals surface area contributed by atoms with Crippen LogP contribution in [-0.2, 0) is 6.42 Å². The molecule has 1 aliphatic heterocycles. The first-order chi connectivity index (χ1) is 14.2. The van der Waals surface area contributed by atoms with Crippen LogP contribution in [0.5, 0.6) is 11.5 Å². The number of benzene rings is 1. The van der Waals surface area contributed by atoms with Crippen LogP contribution in [0.2, 0.25) is 0 Å². The van der Waals surface area contributed by atoms with Crippen LogP contribution in [0, 0.1) is 0 Å². The largest absolute Gasteiger partial charge is 0.493 e. The number of carbonyl (C=O) groups is 1. The molecule has 30 heavy (non-hydrogen) atoms. The van der Waals surface area contributed by atoms with E-state index < -0.39 is 0 Å². The van der Waals surface area contributed by atoms with E-state index in [4.69, 9.17) is 13.9 Å². The molecular weight excluding hydrogens is 499 g/mol. The van der Waals surface area contributed by atoms with Crippen molar-refractivity contribution in [1.82, 2.24) is 15.1 Å². The van der Waals surface area contributed by atoms with Crippen molar-refractivity contribution in [1.29, 1.82) is 0 Å². The molecule has 0 saturated carbocycles. The van der Waals surface area contributed by atoms with Crippen molar-refractivity contribution in [3.05, 3.63) is 47.9 Å². The fourth-order valence-corrected chi connectivity index (χ4v) is 3.36. The Morgan fingerprint density at radius 1 is 1.10 bits per heavy atom. The molecule has 9 heteroatoms. The molecule has 2 heterocycles. The Hall–Kier alpha value is -2.43. The predicted octanol–water partition coefficient (Wildman–Crippen LogP) is 2.49. The molecule has 0 atom stereocenters. The minimum Gasteiger partial charge on any atom is -0.493 e. The fraction of sp³-hybridized carbons (Fsp3) is 0.429. The van der Waals surface area contributed by atoms with E-state index in [1.165, 1.54) is 6.26 Å². The Morgan fingerprint density at radius 3 is 2.40 bits per heavy atom. The molecule has 0 bridgehead atoms. The monoisotopic (exact) mass is 528 g/mol. The van der Waals surface area contributed by atoms with Gasteiger partial charge < -0.3 is 29.0 Å². The van der Waals surface area contributed by atoms with E-state index in [1.807, 2.05) is 23.1 Å². The minimum absolute atomic E-state index is 0. The summed E-state index contributed by atoms with van der Waals surface area (Å²) in [6, 6.07) is 9.36. The number of nitrogens with zero attached hydrogens (tertiary/aromatic N) is 3. The number of ether oxygens (including phenoxy) is 2. The number of piperazine rings is 1. The first kappa shape index (κ1) is 23.8. The number of hydrogen-bond acceptors (Lipinski definition) is 5. The summed E-state index contributed by atoms with van der Waals surface area (Å²) in [5, 5.41) is 3.41. The Morgan fingerprint density at radius 2 is 1.80 bits per heavy atom. The average molecular weight is 528 g/mol. The van der Waals surface area contributed by atoms with Gasteiger partial charge in [-0.05, 0) is 36.2 Å². The van der Waals surface area contributed by atoms with Gasteiger partial charge in [0.1, 0.15) is 0 Å². The number of carbonyl (C=O) groups excluding carboxylic acids is 1. The van der Waals surface area contributed by atoms with Crippen molar-refractivity contribution in [3.63, 3.8) is 0 Å². The maximum Gasteiger partial charge on any atom is 0.289 e. The molecule has 0 aliphatic carbocycles. The van der Waals surface area contributed by atoms with Gasteiger partial charge in [0.2, 0.25) is 0 Å². The molecule has 2 aromatic rings. The Labute approximate surface area is 194 Å². The lowest BCUT2D eigenvalue weighted by atomic mass is 10.1. The molecule has 0 radical (unpaired) electrons. The second-order valence-electron chi connectivity index (χ2n) is 6.67. The van der Waals surface area contributed by atoms with Crippen molar-refractivity contribution in [3.8, 4) is 11.5 Å². The highest BCUT2D eigenvalue weighted by atomic mass is 127. The summed E-state index contributed by atoms with van der Waals surface area (Å²) < 4.78 is 15.9. The number of amides is 1. The molecule has 0 spiro atoms. The molecular formula is C21H29IN4O4. The Bertz CT molecular complexity index is 834. The standard InChI is InChI=1S/C21H28N4O4.HI/c1-22-21(23-9-8-16-6-7-17(27-2)19(15-16)28-3)25-12-10-24(11-13-25)20(26)18-5-4-14-29-18;/h4-7,14-15H,8-13H2,1-3H3,(H,22,23);1H. The smallest absolute Gasteiger partial charge is 0.289 e. The number of methoxy groups -OCH3 is 2. The van der Waals surface area contributed by atoms with Gasteiger partial charge in [-0.15, -0.1) is 24.0 Å². The summed E-state index contributed by atoms with van der Waals surface area (Å²) in [6.07, 6.45) is 2.35. The van der Waals surface area contributed by atoms with E-state index in [0.717, 1.165) is 49.1 Å². The SMILES string of the molecule is CN=C(NCCc1ccc(OC)c(OC)c1)N1CCN(C(=O)c2ccco2)CC1.I. The summed E-state index contributed by atoms with van der Waals surface area (Å²) >= 11 is 0. The summed E-state index contributed by atoms with van der Waals surface area (Å²) in [7, 11) is 5.04. The van der Waals surface area contributed by atoms with Crippen molar-refractivity contribution in [2.24, 2.45) is 4.99 Å². The third-order valence-electron chi connectivity index (χ3n) is 4.95. The number of rotatable bonds is 6. The maximum atomic E-state index is 12.4. The molecule has 1 aliphatic rings. The first-order valence-corrected chi connectivity index (χ1v) is 9.65. The molecule has 164 valence electrons. The van der Waals surface area contributed by atoms with Gasteiger partial charge in [-0.3, -0.25) is 9.79 Å². The van der Waals surface area contributed by atoms with Gasteiger partial charge in [0.25, 0.3) is 5.91 Å². The summed E-state index contributed by atoms with van der Waals surface area (Å²) in [4.78, 5) is 20.7.